The maximum atomic E-state index is 13.9. The molecule has 6 aliphatic rings. The van der Waals surface area contributed by atoms with E-state index in [1.807, 2.05) is 37.3 Å². The van der Waals surface area contributed by atoms with Gasteiger partial charge in [0.05, 0.1) is 23.6 Å². The summed E-state index contributed by atoms with van der Waals surface area (Å²) < 4.78 is 36.8. The molecule has 3 fully saturated rings. The van der Waals surface area contributed by atoms with Gasteiger partial charge in [-0.1, -0.05) is 42.3 Å². The number of fused-ring (bicyclic) bond motifs is 3. The highest BCUT2D eigenvalue weighted by molar-refractivity contribution is 7.90. The molecule has 1 aromatic carbocycles. The van der Waals surface area contributed by atoms with Crippen LogP contribution in [0.1, 0.15) is 81.5 Å². The molecule has 1 aromatic rings. The van der Waals surface area contributed by atoms with Crippen molar-refractivity contribution in [2.75, 3.05) is 24.6 Å². The van der Waals surface area contributed by atoms with Crippen LogP contribution in [0.3, 0.4) is 0 Å². The van der Waals surface area contributed by atoms with Crippen LogP contribution < -0.4 is 14.4 Å². The lowest BCUT2D eigenvalue weighted by Crippen LogP contribution is -2.44. The number of nitrogens with zero attached hydrogens (tertiary/aromatic N) is 1. The number of ether oxygens (including phenoxy) is 1. The Morgan fingerprint density at radius 2 is 2.00 bits per heavy atom. The third kappa shape index (κ3) is 5.99. The second kappa shape index (κ2) is 11.8. The molecular weight excluding hydrogens is 596 g/mol. The van der Waals surface area contributed by atoms with E-state index in [4.69, 9.17) is 16.3 Å². The van der Waals surface area contributed by atoms with Crippen LogP contribution in [0, 0.1) is 35.0 Å². The largest absolute Gasteiger partial charge is 0.491 e. The zero-order valence-electron chi connectivity index (χ0n) is 25.6. The summed E-state index contributed by atoms with van der Waals surface area (Å²) in [6, 6.07) is 5.34. The Morgan fingerprint density at radius 1 is 1.16 bits per heavy atom. The number of amides is 1. The number of nitrogens with one attached hydrogen (secondary N) is 1. The average Bonchev–Trinajstić information content (AvgIpc) is 3.88. The van der Waals surface area contributed by atoms with Crippen molar-refractivity contribution in [3.8, 4) is 5.75 Å². The summed E-state index contributed by atoms with van der Waals surface area (Å²) in [5.41, 5.74) is 2.62. The van der Waals surface area contributed by atoms with Crippen LogP contribution >= 0.6 is 11.6 Å². The Balaban J connectivity index is 1.24. The van der Waals surface area contributed by atoms with Gasteiger partial charge in [0.2, 0.25) is 10.0 Å². The predicted molar refractivity (Wildman–Crippen MR) is 173 cm³/mol. The minimum absolute atomic E-state index is 0.0794. The van der Waals surface area contributed by atoms with Gasteiger partial charge in [0.1, 0.15) is 5.75 Å². The number of aliphatic hydroxyl groups excluding tert-OH is 1. The molecule has 2 aliphatic heterocycles. The Hall–Kier alpha value is -2.29. The summed E-state index contributed by atoms with van der Waals surface area (Å²) >= 11 is 6.37. The standard InChI is InChI=1S/C35H45ClN2O5S/c1-22-5-4-7-31(39)28-12-9-25(28)20-38-16-3-2-6-23-17-27(36)11-8-26(23)21-43-32-13-10-24(18-30(32)38)34(40)37-44(41,42)33(22)29-19-35(29)14-15-35/h4,7,10-11,13,17-18,22,25-26,28-29,31,33,39H,2-3,5-6,8-9,12,14-16,19-21H2,1H3,(H,37,40)/b7-4-/t22-,25-,26?,28+,29?,31-,33-/m0/s1. The normalized spacial score (nSPS) is 36.9. The summed E-state index contributed by atoms with van der Waals surface area (Å²) in [4.78, 5) is 16.0. The molecule has 7 atom stereocenters. The Kier molecular flexibility index (Phi) is 8.15. The highest BCUT2D eigenvalue weighted by Crippen LogP contribution is 2.73. The number of hydrogen-bond acceptors (Lipinski definition) is 6. The number of carbonyl (C=O) groups excluding carboxylic acids is 1. The first-order chi connectivity index (χ1) is 21.1. The van der Waals surface area contributed by atoms with Crippen molar-refractivity contribution in [1.29, 1.82) is 0 Å². The molecule has 7 rings (SSSR count). The van der Waals surface area contributed by atoms with Crippen molar-refractivity contribution in [3.05, 3.63) is 58.7 Å². The van der Waals surface area contributed by atoms with E-state index < -0.39 is 27.3 Å². The molecule has 2 heterocycles. The minimum Gasteiger partial charge on any atom is -0.491 e. The van der Waals surface area contributed by atoms with Gasteiger partial charge in [-0.15, -0.1) is 0 Å². The van der Waals surface area contributed by atoms with Crippen molar-refractivity contribution < 1.29 is 23.1 Å². The van der Waals surface area contributed by atoms with E-state index in [0.717, 1.165) is 81.6 Å². The first-order valence-corrected chi connectivity index (χ1v) is 18.5. The third-order valence-electron chi connectivity index (χ3n) is 11.5. The predicted octanol–water partition coefficient (Wildman–Crippen LogP) is 6.34. The number of benzene rings is 1. The van der Waals surface area contributed by atoms with Crippen LogP contribution in [-0.2, 0) is 10.0 Å². The van der Waals surface area contributed by atoms with Crippen molar-refractivity contribution >= 4 is 33.2 Å². The van der Waals surface area contributed by atoms with Gasteiger partial charge < -0.3 is 14.7 Å². The van der Waals surface area contributed by atoms with Gasteiger partial charge in [-0.05, 0) is 118 Å². The van der Waals surface area contributed by atoms with Gasteiger partial charge in [0, 0.05) is 29.6 Å². The molecule has 3 saturated carbocycles. The maximum Gasteiger partial charge on any atom is 0.264 e. The fraction of sp³-hybridized carbons (Fsp3) is 0.629. The van der Waals surface area contributed by atoms with Gasteiger partial charge in [-0.25, -0.2) is 13.1 Å². The SMILES string of the molecule is C[C@H]1C/C=C\[C@H](O)[C@@H]2CC[C@H]2CN2CCCCC3=CC(Cl)=CCC3COc3ccc(cc32)C(=O)NS(=O)(=O)[C@@H]1C1CC12CC2. The molecule has 44 heavy (non-hydrogen) atoms. The minimum atomic E-state index is -3.93. The zero-order chi connectivity index (χ0) is 30.6. The van der Waals surface area contributed by atoms with E-state index in [1.165, 1.54) is 5.57 Å². The van der Waals surface area contributed by atoms with E-state index in [2.05, 4.69) is 15.7 Å². The molecule has 1 amide bonds. The van der Waals surface area contributed by atoms with Gasteiger partial charge >= 0.3 is 0 Å². The van der Waals surface area contributed by atoms with Crippen LogP contribution in [0.4, 0.5) is 5.69 Å². The quantitative estimate of drug-likeness (QED) is 0.348. The Labute approximate surface area is 266 Å². The van der Waals surface area contributed by atoms with Crippen molar-refractivity contribution in [1.82, 2.24) is 4.72 Å². The van der Waals surface area contributed by atoms with Crippen LogP contribution in [0.15, 0.2) is 53.1 Å². The highest BCUT2D eigenvalue weighted by atomic mass is 35.5. The smallest absolute Gasteiger partial charge is 0.264 e. The van der Waals surface area contributed by atoms with Gasteiger partial charge in [0.15, 0.2) is 0 Å². The summed E-state index contributed by atoms with van der Waals surface area (Å²) in [5, 5.41) is 11.4. The number of rotatable bonds is 1. The van der Waals surface area contributed by atoms with Gasteiger partial charge in [-0.2, -0.15) is 0 Å². The van der Waals surface area contributed by atoms with Crippen molar-refractivity contribution in [2.24, 2.45) is 35.0 Å². The first-order valence-electron chi connectivity index (χ1n) is 16.6. The molecule has 2 N–H and O–H groups in total. The summed E-state index contributed by atoms with van der Waals surface area (Å²) in [5.74, 6) is 0.741. The number of aliphatic hydroxyl groups is 1. The first kappa shape index (κ1) is 30.4. The molecule has 2 unspecified atom stereocenters. The molecule has 1 spiro atoms. The second-order valence-corrected chi connectivity index (χ2v) is 16.7. The lowest BCUT2D eigenvalue weighted by Gasteiger charge is -2.42. The number of carbonyl (C=O) groups is 1. The number of sulfonamides is 1. The number of anilines is 1. The zero-order valence-corrected chi connectivity index (χ0v) is 27.2. The summed E-state index contributed by atoms with van der Waals surface area (Å²) in [6.45, 7) is 4.00. The molecule has 7 nitrogen and oxygen atoms in total. The van der Waals surface area contributed by atoms with Crippen LogP contribution in [0.5, 0.6) is 5.75 Å². The second-order valence-electron chi connectivity index (χ2n) is 14.4. The van der Waals surface area contributed by atoms with E-state index >= 15 is 0 Å². The third-order valence-corrected chi connectivity index (χ3v) is 13.7. The molecule has 9 heteroatoms. The fourth-order valence-electron chi connectivity index (χ4n) is 8.39. The van der Waals surface area contributed by atoms with Crippen LogP contribution in [0.2, 0.25) is 0 Å². The van der Waals surface area contributed by atoms with E-state index in [-0.39, 0.29) is 29.1 Å². The molecule has 2 bridgehead atoms. The topological polar surface area (TPSA) is 95.9 Å². The number of hydrogen-bond donors (Lipinski definition) is 2. The molecule has 0 radical (unpaired) electrons. The van der Waals surface area contributed by atoms with E-state index in [0.29, 0.717) is 30.3 Å². The van der Waals surface area contributed by atoms with Gasteiger partial charge in [-0.3, -0.25) is 4.79 Å². The fourth-order valence-corrected chi connectivity index (χ4v) is 10.7. The lowest BCUT2D eigenvalue weighted by atomic mass is 9.70. The van der Waals surface area contributed by atoms with Crippen molar-refractivity contribution in [3.63, 3.8) is 0 Å². The summed E-state index contributed by atoms with van der Waals surface area (Å²) in [7, 11) is -3.93. The number of halogens is 1. The molecule has 0 aromatic heterocycles. The molecular formula is C35H45ClN2O5S. The number of allylic oxidation sites excluding steroid dienone is 4. The molecule has 4 aliphatic carbocycles. The monoisotopic (exact) mass is 640 g/mol. The highest BCUT2D eigenvalue weighted by Gasteiger charge is 2.67. The van der Waals surface area contributed by atoms with E-state index in [1.54, 1.807) is 6.07 Å². The van der Waals surface area contributed by atoms with Crippen LogP contribution in [0.25, 0.3) is 0 Å². The Morgan fingerprint density at radius 3 is 2.75 bits per heavy atom. The van der Waals surface area contributed by atoms with Crippen molar-refractivity contribution in [2.45, 2.75) is 82.5 Å². The molecule has 0 saturated heterocycles. The lowest BCUT2D eigenvalue weighted by molar-refractivity contribution is 0.0461. The maximum absolute atomic E-state index is 13.9. The molecule has 238 valence electrons. The average molecular weight is 641 g/mol. The van der Waals surface area contributed by atoms with Gasteiger partial charge in [0.25, 0.3) is 5.91 Å². The summed E-state index contributed by atoms with van der Waals surface area (Å²) in [6.07, 6.45) is 16.8. The van der Waals surface area contributed by atoms with Crippen LogP contribution in [-0.4, -0.2) is 50.5 Å². The van der Waals surface area contributed by atoms with E-state index in [9.17, 15) is 18.3 Å². The Bertz CT molecular complexity index is 1500.